The van der Waals surface area contributed by atoms with Crippen molar-refractivity contribution in [3.8, 4) is 22.5 Å². The molecule has 0 amide bonds. The maximum Gasteiger partial charge on any atom is 0.129 e. The molecule has 217 valence electrons. The minimum absolute atomic E-state index is 0. The van der Waals surface area contributed by atoms with Gasteiger partial charge in [-0.15, -0.1) is 54.1 Å². The second-order valence-corrected chi connectivity index (χ2v) is 11.1. The van der Waals surface area contributed by atoms with Crippen molar-refractivity contribution in [1.29, 1.82) is 0 Å². The Morgan fingerprint density at radius 2 is 1.20 bits per heavy atom. The van der Waals surface area contributed by atoms with Gasteiger partial charge in [-0.1, -0.05) is 82.7 Å². The maximum atomic E-state index is 6.56. The number of rotatable bonds is 2. The van der Waals surface area contributed by atoms with Gasteiger partial charge in [-0.3, -0.25) is 0 Å². The van der Waals surface area contributed by atoms with Gasteiger partial charge in [-0.25, -0.2) is 0 Å². The third kappa shape index (κ3) is 5.32. The van der Waals surface area contributed by atoms with Crippen LogP contribution in [0.1, 0.15) is 22.3 Å². The molecule has 0 aliphatic heterocycles. The standard InChI is InChI=1S/C27H18NO.C13H12N.Ir/c1-16-14-24(28-15-17(16)2)23-9-5-8-21-22-13-12-19-11-10-18-6-3-4-7-20(18)25(19)27(22)29-26(21)23;1-10-8-13(14-9-11(10)2)12-6-4-3-5-7-12;/h3-8,10-15H,1-2H3;3-6,8-9H,1-2H3;/q2*-1;. The van der Waals surface area contributed by atoms with E-state index in [4.69, 9.17) is 4.42 Å². The van der Waals surface area contributed by atoms with Gasteiger partial charge in [0, 0.05) is 43.3 Å². The van der Waals surface area contributed by atoms with E-state index in [9.17, 15) is 0 Å². The number of furan rings is 1. The van der Waals surface area contributed by atoms with Crippen molar-refractivity contribution in [3.05, 3.63) is 144 Å². The van der Waals surface area contributed by atoms with Gasteiger partial charge in [-0.05, 0) is 66.4 Å². The van der Waals surface area contributed by atoms with Crippen LogP contribution in [-0.4, -0.2) is 9.97 Å². The van der Waals surface area contributed by atoms with Gasteiger partial charge in [0.2, 0.25) is 0 Å². The first-order chi connectivity index (χ1) is 21.0. The van der Waals surface area contributed by atoms with Crippen LogP contribution in [0.15, 0.2) is 114 Å². The third-order valence-electron chi connectivity index (χ3n) is 8.29. The third-order valence-corrected chi connectivity index (χ3v) is 8.29. The van der Waals surface area contributed by atoms with Crippen molar-refractivity contribution in [2.24, 2.45) is 0 Å². The van der Waals surface area contributed by atoms with Crippen molar-refractivity contribution in [3.63, 3.8) is 0 Å². The summed E-state index contributed by atoms with van der Waals surface area (Å²) in [4.78, 5) is 9.03. The molecule has 8 aromatic rings. The maximum absolute atomic E-state index is 6.56. The average molecular weight is 747 g/mol. The molecule has 0 aliphatic rings. The summed E-state index contributed by atoms with van der Waals surface area (Å²) < 4.78 is 6.56. The van der Waals surface area contributed by atoms with E-state index in [2.05, 4.69) is 117 Å². The van der Waals surface area contributed by atoms with Crippen molar-refractivity contribution in [2.75, 3.05) is 0 Å². The summed E-state index contributed by atoms with van der Waals surface area (Å²) in [6.45, 7) is 8.36. The molecule has 3 nitrogen and oxygen atoms in total. The predicted molar refractivity (Wildman–Crippen MR) is 178 cm³/mol. The van der Waals surface area contributed by atoms with Gasteiger partial charge >= 0.3 is 0 Å². The molecular formula is C40H30IrN2O-2. The molecule has 5 aromatic carbocycles. The molecule has 0 spiro atoms. The number of hydrogen-bond acceptors (Lipinski definition) is 3. The van der Waals surface area contributed by atoms with E-state index >= 15 is 0 Å². The molecule has 8 rings (SSSR count). The van der Waals surface area contributed by atoms with E-state index in [0.29, 0.717) is 0 Å². The van der Waals surface area contributed by atoms with Crippen LogP contribution in [0.4, 0.5) is 0 Å². The zero-order valence-corrected chi connectivity index (χ0v) is 27.4. The molecule has 0 aliphatic carbocycles. The summed E-state index contributed by atoms with van der Waals surface area (Å²) in [6.07, 6.45) is 3.83. The Hall–Kier alpha value is -4.63. The number of nitrogens with zero attached hydrogens (tertiary/aromatic N) is 2. The Bertz CT molecular complexity index is 2290. The fourth-order valence-electron chi connectivity index (χ4n) is 5.56. The second kappa shape index (κ2) is 12.2. The fraction of sp³-hybridized carbons (Fsp3) is 0.100. The number of aryl methyl sites for hydroxylation is 4. The topological polar surface area (TPSA) is 38.9 Å². The largest absolute Gasteiger partial charge is 0.500 e. The van der Waals surface area contributed by atoms with Crippen molar-refractivity contribution in [2.45, 2.75) is 27.7 Å². The minimum Gasteiger partial charge on any atom is -0.500 e. The van der Waals surface area contributed by atoms with Crippen LogP contribution in [0, 0.1) is 39.8 Å². The Morgan fingerprint density at radius 3 is 1.95 bits per heavy atom. The summed E-state index contributed by atoms with van der Waals surface area (Å²) in [5.74, 6) is 0. The SMILES string of the molecule is Cc1cnc(-c2[c-]ccc3c2oc2c3ccc3ccc4ccccc4c32)cc1C.Cc1cnc(-c2[c-]cccc2)cc1C.[Ir]. The van der Waals surface area contributed by atoms with Crippen LogP contribution >= 0.6 is 0 Å². The Morgan fingerprint density at radius 1 is 0.545 bits per heavy atom. The van der Waals surface area contributed by atoms with Gasteiger partial charge < -0.3 is 14.4 Å². The summed E-state index contributed by atoms with van der Waals surface area (Å²) in [5, 5.41) is 7.01. The number of fused-ring (bicyclic) bond motifs is 7. The van der Waals surface area contributed by atoms with E-state index in [-0.39, 0.29) is 20.1 Å². The molecular weight excluding hydrogens is 717 g/mol. The first kappa shape index (κ1) is 29.4. The van der Waals surface area contributed by atoms with Crippen LogP contribution in [0.3, 0.4) is 0 Å². The van der Waals surface area contributed by atoms with E-state index in [1.54, 1.807) is 0 Å². The van der Waals surface area contributed by atoms with Crippen LogP contribution in [-0.2, 0) is 20.1 Å². The molecule has 0 N–H and O–H groups in total. The fourth-order valence-corrected chi connectivity index (χ4v) is 5.56. The molecule has 0 atom stereocenters. The molecule has 3 aromatic heterocycles. The average Bonchev–Trinajstić information content (AvgIpc) is 3.43. The number of pyridine rings is 2. The van der Waals surface area contributed by atoms with Gasteiger partial charge in [-0.2, -0.15) is 0 Å². The molecule has 0 unspecified atom stereocenters. The zero-order valence-electron chi connectivity index (χ0n) is 25.0. The number of aromatic nitrogens is 2. The molecule has 44 heavy (non-hydrogen) atoms. The van der Waals surface area contributed by atoms with Crippen LogP contribution in [0.25, 0.3) is 66.0 Å². The van der Waals surface area contributed by atoms with Gasteiger partial charge in [0.1, 0.15) is 5.58 Å². The summed E-state index contributed by atoms with van der Waals surface area (Å²) in [6, 6.07) is 39.9. The predicted octanol–water partition coefficient (Wildman–Crippen LogP) is 10.5. The van der Waals surface area contributed by atoms with E-state index in [1.165, 1.54) is 38.4 Å². The summed E-state index contributed by atoms with van der Waals surface area (Å²) >= 11 is 0. The first-order valence-corrected chi connectivity index (χ1v) is 14.5. The van der Waals surface area contributed by atoms with Crippen molar-refractivity contribution < 1.29 is 24.5 Å². The molecule has 0 saturated heterocycles. The van der Waals surface area contributed by atoms with Crippen LogP contribution in [0.2, 0.25) is 0 Å². The second-order valence-electron chi connectivity index (χ2n) is 11.1. The molecule has 0 fully saturated rings. The summed E-state index contributed by atoms with van der Waals surface area (Å²) in [5.41, 5.74) is 10.5. The van der Waals surface area contributed by atoms with E-state index < -0.39 is 0 Å². The quantitative estimate of drug-likeness (QED) is 0.131. The van der Waals surface area contributed by atoms with E-state index in [1.807, 2.05) is 42.7 Å². The van der Waals surface area contributed by atoms with Crippen LogP contribution in [0.5, 0.6) is 0 Å². The van der Waals surface area contributed by atoms with Gasteiger partial charge in [0.15, 0.2) is 0 Å². The number of hydrogen-bond donors (Lipinski definition) is 0. The Balaban J connectivity index is 0.000000194. The van der Waals surface area contributed by atoms with Gasteiger partial charge in [0.05, 0.1) is 5.58 Å². The van der Waals surface area contributed by atoms with Crippen molar-refractivity contribution in [1.82, 2.24) is 9.97 Å². The molecule has 3 heterocycles. The monoisotopic (exact) mass is 747 g/mol. The van der Waals surface area contributed by atoms with Crippen LogP contribution < -0.4 is 0 Å². The smallest absolute Gasteiger partial charge is 0.129 e. The first-order valence-electron chi connectivity index (χ1n) is 14.5. The Kier molecular flexibility index (Phi) is 8.14. The molecule has 1 radical (unpaired) electrons. The van der Waals surface area contributed by atoms with Gasteiger partial charge in [0.25, 0.3) is 0 Å². The van der Waals surface area contributed by atoms with E-state index in [0.717, 1.165) is 49.8 Å². The zero-order chi connectivity index (χ0) is 29.5. The minimum atomic E-state index is 0. The normalized spacial score (nSPS) is 11.0. The summed E-state index contributed by atoms with van der Waals surface area (Å²) in [7, 11) is 0. The van der Waals surface area contributed by atoms with Crippen molar-refractivity contribution >= 4 is 43.5 Å². The molecule has 4 heteroatoms. The number of benzene rings is 5. The molecule has 0 saturated carbocycles. The molecule has 0 bridgehead atoms. The Labute approximate surface area is 271 Å².